The van der Waals surface area contributed by atoms with Crippen LogP contribution >= 0.6 is 23.1 Å². The van der Waals surface area contributed by atoms with Gasteiger partial charge in [0.15, 0.2) is 6.10 Å². The van der Waals surface area contributed by atoms with Gasteiger partial charge in [0.1, 0.15) is 17.1 Å². The first-order valence-corrected chi connectivity index (χ1v) is 10.3. The Kier molecular flexibility index (Phi) is 6.22. The largest absolute Gasteiger partial charge is 0.477 e. The molecule has 0 saturated carbocycles. The Hall–Kier alpha value is -2.47. The van der Waals surface area contributed by atoms with Gasteiger partial charge >= 0.3 is 11.9 Å². The van der Waals surface area contributed by atoms with Crippen LogP contribution in [-0.2, 0) is 30.3 Å². The van der Waals surface area contributed by atoms with Gasteiger partial charge in [0.25, 0.3) is 12.3 Å². The highest BCUT2D eigenvalue weighted by molar-refractivity contribution is 8.00. The average Bonchev–Trinajstić information content (AvgIpc) is 3.15. The van der Waals surface area contributed by atoms with Crippen LogP contribution in [0.25, 0.3) is 0 Å². The lowest BCUT2D eigenvalue weighted by Gasteiger charge is -2.49. The molecule has 0 aliphatic carbocycles. The van der Waals surface area contributed by atoms with Crippen molar-refractivity contribution in [1.82, 2.24) is 10.2 Å². The average molecular weight is 446 g/mol. The second-order valence-electron chi connectivity index (χ2n) is 6.25. The van der Waals surface area contributed by atoms with Crippen molar-refractivity contribution < 1.29 is 37.8 Å². The van der Waals surface area contributed by atoms with Crippen molar-refractivity contribution in [2.45, 2.75) is 37.3 Å². The van der Waals surface area contributed by atoms with Crippen LogP contribution in [0.15, 0.2) is 28.8 Å². The number of nitrogens with zero attached hydrogens (tertiary/aromatic N) is 1. The number of thioether (sulfide) groups is 1. The number of carbonyl (C=O) groups is 4. The van der Waals surface area contributed by atoms with E-state index in [1.807, 2.05) is 5.38 Å². The molecule has 8 nitrogen and oxygen atoms in total. The van der Waals surface area contributed by atoms with E-state index in [0.29, 0.717) is 0 Å². The van der Waals surface area contributed by atoms with E-state index in [2.05, 4.69) is 10.1 Å². The number of halogens is 2. The van der Waals surface area contributed by atoms with Gasteiger partial charge in [0, 0.05) is 23.1 Å². The summed E-state index contributed by atoms with van der Waals surface area (Å²) in [5.41, 5.74) is -0.977. The lowest BCUT2D eigenvalue weighted by atomic mass is 10.00. The van der Waals surface area contributed by atoms with Gasteiger partial charge in [-0.1, -0.05) is 6.07 Å². The SMILES string of the molecule is CC(=O)OC(C1=C(C(=O)O)N2C(=O)[C@H](NC(=O)Cc3cccs3)[C@H]2SC1)C(F)F. The topological polar surface area (TPSA) is 113 Å². The van der Waals surface area contributed by atoms with Crippen molar-refractivity contribution in [3.63, 3.8) is 0 Å². The molecule has 156 valence electrons. The number of carbonyl (C=O) groups excluding carboxylic acids is 3. The summed E-state index contributed by atoms with van der Waals surface area (Å²) >= 11 is 2.41. The maximum atomic E-state index is 13.4. The Morgan fingerprint density at radius 3 is 2.69 bits per heavy atom. The standard InChI is InChI=1S/C17H16F2N2O6S2/c1-7(22)27-13(14(18)19)9-6-29-16-11(15(24)21(16)12(9)17(25)26)20-10(23)5-8-3-2-4-28-8/h2-4,11,13-14,16H,5-6H2,1H3,(H,20,23)(H,25,26)/t11-,13?,16+/m0/s1. The number of β-lactam (4-membered cyclic amide) rings is 1. The van der Waals surface area contributed by atoms with Gasteiger partial charge in [-0.25, -0.2) is 13.6 Å². The molecule has 2 aliphatic rings. The minimum Gasteiger partial charge on any atom is -0.477 e. The summed E-state index contributed by atoms with van der Waals surface area (Å²) in [6.45, 7) is 0.934. The second-order valence-corrected chi connectivity index (χ2v) is 8.39. The van der Waals surface area contributed by atoms with E-state index in [-0.39, 0.29) is 17.7 Å². The predicted molar refractivity (Wildman–Crippen MR) is 99.3 cm³/mol. The first kappa shape index (κ1) is 21.2. The Morgan fingerprint density at radius 2 is 2.14 bits per heavy atom. The van der Waals surface area contributed by atoms with Crippen LogP contribution in [0, 0.1) is 0 Å². The Balaban J connectivity index is 1.79. The number of rotatable bonds is 7. The summed E-state index contributed by atoms with van der Waals surface area (Å²) in [4.78, 5) is 49.2. The normalized spacial score (nSPS) is 22.1. The molecule has 1 unspecified atom stereocenters. The summed E-state index contributed by atoms with van der Waals surface area (Å²) in [5, 5.41) is 13.2. The number of fused-ring (bicyclic) bond motifs is 1. The zero-order chi connectivity index (χ0) is 21.3. The molecular weight excluding hydrogens is 430 g/mol. The quantitative estimate of drug-likeness (QED) is 0.478. The number of thiophene rings is 1. The summed E-state index contributed by atoms with van der Waals surface area (Å²) in [6, 6.07) is 2.60. The molecule has 1 fully saturated rings. The highest BCUT2D eigenvalue weighted by Gasteiger charge is 2.55. The van der Waals surface area contributed by atoms with Gasteiger partial charge in [-0.2, -0.15) is 0 Å². The summed E-state index contributed by atoms with van der Waals surface area (Å²) in [5.74, 6) is -3.88. The van der Waals surface area contributed by atoms with Crippen molar-refractivity contribution in [1.29, 1.82) is 0 Å². The van der Waals surface area contributed by atoms with Crippen LogP contribution in [0.1, 0.15) is 11.8 Å². The molecular formula is C17H16F2N2O6S2. The van der Waals surface area contributed by atoms with E-state index in [9.17, 15) is 33.1 Å². The molecule has 0 spiro atoms. The Labute approximate surface area is 171 Å². The van der Waals surface area contributed by atoms with Crippen LogP contribution in [0.3, 0.4) is 0 Å². The smallest absolute Gasteiger partial charge is 0.352 e. The number of carboxylic acids is 1. The van der Waals surface area contributed by atoms with Gasteiger partial charge < -0.3 is 15.2 Å². The highest BCUT2D eigenvalue weighted by atomic mass is 32.2. The number of nitrogens with one attached hydrogen (secondary N) is 1. The van der Waals surface area contributed by atoms with E-state index in [4.69, 9.17) is 0 Å². The molecule has 3 rings (SSSR count). The van der Waals surface area contributed by atoms with E-state index in [1.165, 1.54) is 11.3 Å². The molecule has 12 heteroatoms. The summed E-state index contributed by atoms with van der Waals surface area (Å²) < 4.78 is 31.3. The van der Waals surface area contributed by atoms with Gasteiger partial charge in [0.05, 0.1) is 6.42 Å². The molecule has 1 aromatic rings. The molecule has 0 radical (unpaired) electrons. The minimum absolute atomic E-state index is 0.0750. The van der Waals surface area contributed by atoms with Crippen molar-refractivity contribution in [3.05, 3.63) is 33.7 Å². The van der Waals surface area contributed by atoms with Crippen LogP contribution in [0.5, 0.6) is 0 Å². The Morgan fingerprint density at radius 1 is 1.41 bits per heavy atom. The number of ether oxygens (including phenoxy) is 1. The van der Waals surface area contributed by atoms with Crippen molar-refractivity contribution in [2.24, 2.45) is 0 Å². The molecule has 2 amide bonds. The third-order valence-corrected chi connectivity index (χ3v) is 6.48. The van der Waals surface area contributed by atoms with E-state index < -0.39 is 53.4 Å². The lowest BCUT2D eigenvalue weighted by molar-refractivity contribution is -0.154. The van der Waals surface area contributed by atoms with E-state index in [0.717, 1.165) is 28.5 Å². The van der Waals surface area contributed by atoms with Gasteiger partial charge in [-0.05, 0) is 11.4 Å². The van der Waals surface area contributed by atoms with Gasteiger partial charge in [0.2, 0.25) is 5.91 Å². The lowest BCUT2D eigenvalue weighted by Crippen LogP contribution is -2.71. The monoisotopic (exact) mass is 446 g/mol. The van der Waals surface area contributed by atoms with Crippen LogP contribution < -0.4 is 5.32 Å². The summed E-state index contributed by atoms with van der Waals surface area (Å²) in [6.07, 6.45) is -5.14. The third-order valence-electron chi connectivity index (χ3n) is 4.30. The van der Waals surface area contributed by atoms with Crippen LogP contribution in [0.4, 0.5) is 8.78 Å². The molecule has 3 heterocycles. The minimum atomic E-state index is -3.15. The second kappa shape index (κ2) is 8.49. The number of amides is 2. The number of carboxylic acid groups (broad SMARTS) is 1. The fourth-order valence-corrected chi connectivity index (χ4v) is 5.20. The van der Waals surface area contributed by atoms with E-state index in [1.54, 1.807) is 12.1 Å². The molecule has 1 saturated heterocycles. The molecule has 2 aliphatic heterocycles. The highest BCUT2D eigenvalue weighted by Crippen LogP contribution is 2.42. The Bertz CT molecular complexity index is 873. The maximum absolute atomic E-state index is 13.4. The number of hydrogen-bond acceptors (Lipinski definition) is 7. The predicted octanol–water partition coefficient (Wildman–Crippen LogP) is 1.23. The number of esters is 1. The molecule has 3 atom stereocenters. The third kappa shape index (κ3) is 4.27. The number of alkyl halides is 2. The summed E-state index contributed by atoms with van der Waals surface area (Å²) in [7, 11) is 0. The number of hydrogen-bond donors (Lipinski definition) is 2. The first-order chi connectivity index (χ1) is 13.7. The number of aliphatic carboxylic acids is 1. The van der Waals surface area contributed by atoms with E-state index >= 15 is 0 Å². The zero-order valence-corrected chi connectivity index (χ0v) is 16.6. The zero-order valence-electron chi connectivity index (χ0n) is 15.0. The first-order valence-electron chi connectivity index (χ1n) is 8.38. The van der Waals surface area contributed by atoms with Crippen LogP contribution in [-0.4, -0.2) is 63.5 Å². The van der Waals surface area contributed by atoms with Gasteiger partial charge in [-0.15, -0.1) is 23.1 Å². The fraction of sp³-hybridized carbons (Fsp3) is 0.412. The van der Waals surface area contributed by atoms with Crippen molar-refractivity contribution in [2.75, 3.05) is 5.75 Å². The van der Waals surface area contributed by atoms with Crippen LogP contribution in [0.2, 0.25) is 0 Å². The van der Waals surface area contributed by atoms with Crippen molar-refractivity contribution >= 4 is 46.9 Å². The molecule has 0 bridgehead atoms. The van der Waals surface area contributed by atoms with Crippen molar-refractivity contribution in [3.8, 4) is 0 Å². The maximum Gasteiger partial charge on any atom is 0.352 e. The molecule has 0 aromatic carbocycles. The van der Waals surface area contributed by atoms with Gasteiger partial charge in [-0.3, -0.25) is 19.3 Å². The molecule has 29 heavy (non-hydrogen) atoms. The fourth-order valence-electron chi connectivity index (χ4n) is 3.11. The molecule has 1 aromatic heterocycles. The molecule has 2 N–H and O–H groups in total.